The van der Waals surface area contributed by atoms with E-state index in [0.717, 1.165) is 39.3 Å². The molecule has 0 unspecified atom stereocenters. The molecule has 2 aliphatic heterocycles. The molecule has 2 saturated heterocycles. The zero-order valence-corrected chi connectivity index (χ0v) is 15.0. The Morgan fingerprint density at radius 3 is 2.42 bits per heavy atom. The standard InChI is InChI=1S/C19H31N5/c1-22-12-14-24(15-13-22)21-17-19-6-4-18(5-7-19)16-20-8-11-23-9-2-3-10-23/h4-7,17,20H,2-3,8-16H2,1H3/b21-17+. The highest BCUT2D eigenvalue weighted by molar-refractivity contribution is 5.79. The van der Waals surface area contributed by atoms with Crippen LogP contribution in [0.5, 0.6) is 0 Å². The van der Waals surface area contributed by atoms with Gasteiger partial charge in [-0.25, -0.2) is 0 Å². The lowest BCUT2D eigenvalue weighted by Gasteiger charge is -2.30. The second-order valence-corrected chi connectivity index (χ2v) is 6.97. The average Bonchev–Trinajstić information content (AvgIpc) is 3.13. The number of rotatable bonds is 7. The van der Waals surface area contributed by atoms with Crippen LogP contribution in [0, 0.1) is 0 Å². The van der Waals surface area contributed by atoms with Crippen LogP contribution >= 0.6 is 0 Å². The summed E-state index contributed by atoms with van der Waals surface area (Å²) in [6, 6.07) is 8.73. The van der Waals surface area contributed by atoms with Gasteiger partial charge in [0, 0.05) is 45.8 Å². The van der Waals surface area contributed by atoms with Crippen molar-refractivity contribution in [2.75, 3.05) is 59.4 Å². The topological polar surface area (TPSA) is 34.1 Å². The van der Waals surface area contributed by atoms with Crippen LogP contribution in [0.25, 0.3) is 0 Å². The summed E-state index contributed by atoms with van der Waals surface area (Å²) in [6.45, 7) is 9.99. The van der Waals surface area contributed by atoms with Crippen LogP contribution in [0.4, 0.5) is 0 Å². The minimum absolute atomic E-state index is 0.948. The zero-order valence-electron chi connectivity index (χ0n) is 15.0. The molecule has 1 aromatic rings. The lowest BCUT2D eigenvalue weighted by Crippen LogP contribution is -2.41. The van der Waals surface area contributed by atoms with Crippen LogP contribution in [0.1, 0.15) is 24.0 Å². The van der Waals surface area contributed by atoms with Crippen LogP contribution in [0.15, 0.2) is 29.4 Å². The van der Waals surface area contributed by atoms with E-state index in [0.29, 0.717) is 0 Å². The first kappa shape index (κ1) is 17.4. The summed E-state index contributed by atoms with van der Waals surface area (Å²) in [5.41, 5.74) is 2.52. The Labute approximate surface area is 146 Å². The summed E-state index contributed by atoms with van der Waals surface area (Å²) in [7, 11) is 2.17. The highest BCUT2D eigenvalue weighted by atomic mass is 15.5. The van der Waals surface area contributed by atoms with Gasteiger partial charge in [0.15, 0.2) is 0 Å². The third-order valence-corrected chi connectivity index (χ3v) is 4.96. The highest BCUT2D eigenvalue weighted by Gasteiger charge is 2.11. The van der Waals surface area contributed by atoms with E-state index in [2.05, 4.69) is 56.5 Å². The summed E-state index contributed by atoms with van der Waals surface area (Å²) in [5.74, 6) is 0. The molecule has 0 spiro atoms. The van der Waals surface area contributed by atoms with Crippen LogP contribution in [0.2, 0.25) is 0 Å². The number of nitrogens with zero attached hydrogens (tertiary/aromatic N) is 4. The molecule has 132 valence electrons. The molecule has 1 aromatic carbocycles. The van der Waals surface area contributed by atoms with Gasteiger partial charge in [-0.05, 0) is 44.1 Å². The van der Waals surface area contributed by atoms with Crippen molar-refractivity contribution in [2.24, 2.45) is 5.10 Å². The molecule has 0 saturated carbocycles. The first-order valence-electron chi connectivity index (χ1n) is 9.29. The number of likely N-dealkylation sites (tertiary alicyclic amines) is 1. The van der Waals surface area contributed by atoms with Gasteiger partial charge in [-0.2, -0.15) is 5.10 Å². The molecule has 2 fully saturated rings. The van der Waals surface area contributed by atoms with Gasteiger partial charge in [0.05, 0.1) is 6.21 Å². The van der Waals surface area contributed by atoms with Gasteiger partial charge >= 0.3 is 0 Å². The summed E-state index contributed by atoms with van der Waals surface area (Å²) < 4.78 is 0. The predicted molar refractivity (Wildman–Crippen MR) is 100 cm³/mol. The molecular weight excluding hydrogens is 298 g/mol. The maximum absolute atomic E-state index is 4.60. The van der Waals surface area contributed by atoms with E-state index < -0.39 is 0 Å². The normalized spacial score (nSPS) is 20.3. The Hall–Kier alpha value is -1.43. The van der Waals surface area contributed by atoms with Crippen LogP contribution in [-0.4, -0.2) is 80.4 Å². The molecule has 5 heteroatoms. The molecule has 3 rings (SSSR count). The van der Waals surface area contributed by atoms with Crippen molar-refractivity contribution in [3.05, 3.63) is 35.4 Å². The van der Waals surface area contributed by atoms with Crippen molar-refractivity contribution in [1.82, 2.24) is 20.1 Å². The molecule has 2 heterocycles. The number of hydrogen-bond donors (Lipinski definition) is 1. The first-order chi connectivity index (χ1) is 11.8. The third-order valence-electron chi connectivity index (χ3n) is 4.96. The lowest BCUT2D eigenvalue weighted by atomic mass is 10.1. The van der Waals surface area contributed by atoms with Crippen LogP contribution < -0.4 is 5.32 Å². The number of piperazine rings is 1. The number of likely N-dealkylation sites (N-methyl/N-ethyl adjacent to an activating group) is 1. The molecular formula is C19H31N5. The molecule has 0 atom stereocenters. The molecule has 0 bridgehead atoms. The van der Waals surface area contributed by atoms with Crippen molar-refractivity contribution >= 4 is 6.21 Å². The number of benzene rings is 1. The van der Waals surface area contributed by atoms with Crippen molar-refractivity contribution in [3.8, 4) is 0 Å². The number of hydrogen-bond acceptors (Lipinski definition) is 5. The maximum atomic E-state index is 4.60. The fraction of sp³-hybridized carbons (Fsp3) is 0.632. The largest absolute Gasteiger partial charge is 0.311 e. The number of hydrazone groups is 1. The SMILES string of the molecule is CN1CCN(/N=C/c2ccc(CNCCN3CCCC3)cc2)CC1. The Balaban J connectivity index is 1.36. The molecule has 0 amide bonds. The quantitative estimate of drug-likeness (QED) is 0.607. The van der Waals surface area contributed by atoms with Gasteiger partial charge < -0.3 is 15.1 Å². The summed E-state index contributed by atoms with van der Waals surface area (Å²) >= 11 is 0. The highest BCUT2D eigenvalue weighted by Crippen LogP contribution is 2.06. The molecule has 24 heavy (non-hydrogen) atoms. The van der Waals surface area contributed by atoms with Crippen molar-refractivity contribution in [3.63, 3.8) is 0 Å². The monoisotopic (exact) mass is 329 g/mol. The summed E-state index contributed by atoms with van der Waals surface area (Å²) in [6.07, 6.45) is 4.73. The van der Waals surface area contributed by atoms with Gasteiger partial charge in [0.2, 0.25) is 0 Å². The average molecular weight is 329 g/mol. The van der Waals surface area contributed by atoms with Crippen molar-refractivity contribution < 1.29 is 0 Å². The zero-order chi connectivity index (χ0) is 16.6. The van der Waals surface area contributed by atoms with E-state index in [4.69, 9.17) is 0 Å². The van der Waals surface area contributed by atoms with Gasteiger partial charge in [0.25, 0.3) is 0 Å². The Morgan fingerprint density at radius 2 is 1.71 bits per heavy atom. The minimum atomic E-state index is 0.948. The van der Waals surface area contributed by atoms with Gasteiger partial charge in [0.1, 0.15) is 0 Å². The minimum Gasteiger partial charge on any atom is -0.311 e. The second-order valence-electron chi connectivity index (χ2n) is 6.97. The first-order valence-corrected chi connectivity index (χ1v) is 9.29. The molecule has 1 N–H and O–H groups in total. The van der Waals surface area contributed by atoms with Gasteiger partial charge in [-0.15, -0.1) is 0 Å². The molecule has 5 nitrogen and oxygen atoms in total. The smallest absolute Gasteiger partial charge is 0.0542 e. The summed E-state index contributed by atoms with van der Waals surface area (Å²) in [4.78, 5) is 4.89. The fourth-order valence-corrected chi connectivity index (χ4v) is 3.26. The molecule has 0 aromatic heterocycles. The Kier molecular flexibility index (Phi) is 6.64. The van der Waals surface area contributed by atoms with Crippen molar-refractivity contribution in [1.29, 1.82) is 0 Å². The van der Waals surface area contributed by atoms with E-state index >= 15 is 0 Å². The van der Waals surface area contributed by atoms with E-state index in [1.165, 1.54) is 43.6 Å². The van der Waals surface area contributed by atoms with E-state index in [9.17, 15) is 0 Å². The third kappa shape index (κ3) is 5.58. The number of nitrogens with one attached hydrogen (secondary N) is 1. The predicted octanol–water partition coefficient (Wildman–Crippen LogP) is 1.45. The second kappa shape index (κ2) is 9.16. The van der Waals surface area contributed by atoms with Crippen LogP contribution in [0.3, 0.4) is 0 Å². The van der Waals surface area contributed by atoms with Gasteiger partial charge in [-0.1, -0.05) is 24.3 Å². The Morgan fingerprint density at radius 1 is 1.00 bits per heavy atom. The van der Waals surface area contributed by atoms with E-state index in [1.807, 2.05) is 6.21 Å². The van der Waals surface area contributed by atoms with Crippen molar-refractivity contribution in [2.45, 2.75) is 19.4 Å². The van der Waals surface area contributed by atoms with Gasteiger partial charge in [-0.3, -0.25) is 5.01 Å². The maximum Gasteiger partial charge on any atom is 0.0542 e. The van der Waals surface area contributed by atoms with Crippen LogP contribution in [-0.2, 0) is 6.54 Å². The molecule has 0 aliphatic carbocycles. The van der Waals surface area contributed by atoms with E-state index in [1.54, 1.807) is 0 Å². The van der Waals surface area contributed by atoms with E-state index in [-0.39, 0.29) is 0 Å². The summed E-state index contributed by atoms with van der Waals surface area (Å²) in [5, 5.41) is 10.3. The lowest BCUT2D eigenvalue weighted by molar-refractivity contribution is 0.159. The fourth-order valence-electron chi connectivity index (χ4n) is 3.26. The molecule has 2 aliphatic rings. The Bertz CT molecular complexity index is 499. The molecule has 0 radical (unpaired) electrons.